The van der Waals surface area contributed by atoms with Crippen molar-refractivity contribution in [2.24, 2.45) is 11.8 Å². The molecule has 4 aliphatic rings. The SMILES string of the molecule is CSCC[C@H](C(=O)Nc1ccc(Br)cc1)N1C(=O)[C@@H]2C3c4ccccc4C(c4ccccc43)[C@H]2C1=O. The lowest BCUT2D eigenvalue weighted by Gasteiger charge is -2.45. The quantitative estimate of drug-likeness (QED) is 0.410. The molecule has 3 aromatic carbocycles. The number of thioether (sulfide) groups is 1. The average Bonchev–Trinajstić information content (AvgIpc) is 3.16. The normalized spacial score (nSPS) is 24.2. The number of likely N-dealkylation sites (tertiary alicyclic amines) is 1. The minimum Gasteiger partial charge on any atom is -0.324 e. The summed E-state index contributed by atoms with van der Waals surface area (Å²) in [6.07, 6.45) is 2.38. The van der Waals surface area contributed by atoms with Crippen LogP contribution < -0.4 is 5.32 Å². The van der Waals surface area contributed by atoms with E-state index in [1.54, 1.807) is 23.9 Å². The Morgan fingerprint density at radius 3 is 1.78 bits per heavy atom. The number of imide groups is 1. The van der Waals surface area contributed by atoms with Crippen molar-refractivity contribution in [1.29, 1.82) is 0 Å². The van der Waals surface area contributed by atoms with Gasteiger partial charge in [0, 0.05) is 22.0 Å². The number of rotatable bonds is 6. The second-order valence-electron chi connectivity index (χ2n) is 9.60. The van der Waals surface area contributed by atoms with Crippen LogP contribution in [0.15, 0.2) is 77.3 Å². The number of nitrogens with zero attached hydrogens (tertiary/aromatic N) is 1. The molecule has 0 saturated carbocycles. The highest BCUT2D eigenvalue weighted by atomic mass is 79.9. The summed E-state index contributed by atoms with van der Waals surface area (Å²) in [5.74, 6) is -1.42. The molecule has 0 radical (unpaired) electrons. The third-order valence-corrected chi connectivity index (χ3v) is 8.98. The summed E-state index contributed by atoms with van der Waals surface area (Å²) in [5.41, 5.74) is 5.15. The highest BCUT2D eigenvalue weighted by Crippen LogP contribution is 2.61. The Bertz CT molecular complexity index is 1260. The Morgan fingerprint density at radius 2 is 1.33 bits per heavy atom. The second-order valence-corrected chi connectivity index (χ2v) is 11.5. The van der Waals surface area contributed by atoms with E-state index in [4.69, 9.17) is 0 Å². The van der Waals surface area contributed by atoms with Crippen molar-refractivity contribution in [2.45, 2.75) is 24.3 Å². The van der Waals surface area contributed by atoms with Crippen LogP contribution in [-0.2, 0) is 14.4 Å². The van der Waals surface area contributed by atoms with E-state index < -0.39 is 17.9 Å². The number of hydrogen-bond donors (Lipinski definition) is 1. The zero-order chi connectivity index (χ0) is 25.0. The van der Waals surface area contributed by atoms with Crippen molar-refractivity contribution in [3.63, 3.8) is 0 Å². The van der Waals surface area contributed by atoms with Gasteiger partial charge in [-0.1, -0.05) is 64.5 Å². The Hall–Kier alpha value is -2.90. The molecule has 36 heavy (non-hydrogen) atoms. The fourth-order valence-corrected chi connectivity index (χ4v) is 7.10. The number of halogens is 1. The monoisotopic (exact) mass is 560 g/mol. The molecule has 2 bridgehead atoms. The molecule has 0 unspecified atom stereocenters. The van der Waals surface area contributed by atoms with Crippen LogP contribution in [0.2, 0.25) is 0 Å². The van der Waals surface area contributed by atoms with E-state index in [-0.39, 0.29) is 29.6 Å². The fraction of sp³-hybridized carbons (Fsp3) is 0.276. The molecule has 1 fully saturated rings. The van der Waals surface area contributed by atoms with Gasteiger partial charge in [0.2, 0.25) is 17.7 Å². The molecule has 5 nitrogen and oxygen atoms in total. The number of nitrogens with one attached hydrogen (secondary N) is 1. The van der Waals surface area contributed by atoms with Gasteiger partial charge < -0.3 is 5.32 Å². The van der Waals surface area contributed by atoms with Gasteiger partial charge in [0.25, 0.3) is 0 Å². The molecule has 0 aromatic heterocycles. The summed E-state index contributed by atoms with van der Waals surface area (Å²) in [6.45, 7) is 0. The second kappa shape index (κ2) is 9.20. The van der Waals surface area contributed by atoms with Gasteiger partial charge in [0.1, 0.15) is 6.04 Å². The first kappa shape index (κ1) is 23.5. The summed E-state index contributed by atoms with van der Waals surface area (Å²) in [6, 6.07) is 22.8. The Balaban J connectivity index is 1.39. The molecule has 3 aliphatic carbocycles. The van der Waals surface area contributed by atoms with Crippen molar-refractivity contribution in [3.05, 3.63) is 99.5 Å². The van der Waals surface area contributed by atoms with Gasteiger partial charge in [-0.2, -0.15) is 11.8 Å². The maximum atomic E-state index is 14.1. The van der Waals surface area contributed by atoms with Gasteiger partial charge in [0.05, 0.1) is 11.8 Å². The van der Waals surface area contributed by atoms with Gasteiger partial charge in [-0.05, 0) is 64.9 Å². The molecule has 1 heterocycles. The summed E-state index contributed by atoms with van der Waals surface area (Å²) in [7, 11) is 0. The lowest BCUT2D eigenvalue weighted by atomic mass is 9.55. The van der Waals surface area contributed by atoms with E-state index in [2.05, 4.69) is 45.5 Å². The maximum absolute atomic E-state index is 14.1. The molecule has 7 rings (SSSR count). The number of carbonyl (C=O) groups is 3. The van der Waals surface area contributed by atoms with Crippen molar-refractivity contribution >= 4 is 51.1 Å². The van der Waals surface area contributed by atoms with Crippen molar-refractivity contribution in [2.75, 3.05) is 17.3 Å². The molecule has 182 valence electrons. The van der Waals surface area contributed by atoms with Crippen LogP contribution >= 0.6 is 27.7 Å². The summed E-state index contributed by atoms with van der Waals surface area (Å²) < 4.78 is 0.906. The third-order valence-electron chi connectivity index (χ3n) is 7.80. The highest BCUT2D eigenvalue weighted by Gasteiger charge is 2.62. The number of amides is 3. The van der Waals surface area contributed by atoms with E-state index >= 15 is 0 Å². The number of benzene rings is 3. The van der Waals surface area contributed by atoms with Gasteiger partial charge in [-0.3, -0.25) is 19.3 Å². The van der Waals surface area contributed by atoms with Crippen LogP contribution in [0.1, 0.15) is 40.5 Å². The van der Waals surface area contributed by atoms with Crippen LogP contribution in [-0.4, -0.2) is 40.7 Å². The topological polar surface area (TPSA) is 66.5 Å². The largest absolute Gasteiger partial charge is 0.324 e. The molecule has 0 spiro atoms. The van der Waals surface area contributed by atoms with E-state index in [0.717, 1.165) is 26.7 Å². The number of anilines is 1. The average molecular weight is 562 g/mol. The fourth-order valence-electron chi connectivity index (χ4n) is 6.37. The number of hydrogen-bond acceptors (Lipinski definition) is 4. The first-order chi connectivity index (χ1) is 17.5. The van der Waals surface area contributed by atoms with Crippen LogP contribution in [0.5, 0.6) is 0 Å². The highest BCUT2D eigenvalue weighted by molar-refractivity contribution is 9.10. The minimum absolute atomic E-state index is 0.176. The minimum atomic E-state index is -0.850. The van der Waals surface area contributed by atoms with E-state index in [1.807, 2.05) is 42.7 Å². The molecular weight excluding hydrogens is 536 g/mol. The van der Waals surface area contributed by atoms with Gasteiger partial charge in [-0.25, -0.2) is 0 Å². The van der Waals surface area contributed by atoms with E-state index in [1.165, 1.54) is 4.90 Å². The molecule has 1 aliphatic heterocycles. The Kier molecular flexibility index (Phi) is 6.00. The van der Waals surface area contributed by atoms with Crippen molar-refractivity contribution < 1.29 is 14.4 Å². The van der Waals surface area contributed by atoms with E-state index in [0.29, 0.717) is 17.9 Å². The predicted octanol–water partition coefficient (Wildman–Crippen LogP) is 5.40. The smallest absolute Gasteiger partial charge is 0.247 e. The summed E-state index contributed by atoms with van der Waals surface area (Å²) in [4.78, 5) is 43.0. The van der Waals surface area contributed by atoms with Crippen LogP contribution in [0, 0.1) is 11.8 Å². The third kappa shape index (κ3) is 3.55. The van der Waals surface area contributed by atoms with Crippen LogP contribution in [0.4, 0.5) is 5.69 Å². The van der Waals surface area contributed by atoms with Crippen LogP contribution in [0.3, 0.4) is 0 Å². The predicted molar refractivity (Wildman–Crippen MR) is 145 cm³/mol. The lowest BCUT2D eigenvalue weighted by molar-refractivity contribution is -0.146. The maximum Gasteiger partial charge on any atom is 0.247 e. The van der Waals surface area contributed by atoms with Crippen molar-refractivity contribution in [1.82, 2.24) is 4.90 Å². The zero-order valence-corrected chi connectivity index (χ0v) is 22.1. The zero-order valence-electron chi connectivity index (χ0n) is 19.7. The van der Waals surface area contributed by atoms with E-state index in [9.17, 15) is 14.4 Å². The van der Waals surface area contributed by atoms with Gasteiger partial charge in [-0.15, -0.1) is 0 Å². The number of carbonyl (C=O) groups excluding carboxylic acids is 3. The Morgan fingerprint density at radius 1 is 0.861 bits per heavy atom. The molecule has 3 atom stereocenters. The molecule has 1 saturated heterocycles. The first-order valence-corrected chi connectivity index (χ1v) is 14.3. The lowest BCUT2D eigenvalue weighted by Crippen LogP contribution is -2.48. The molecule has 3 amide bonds. The Labute approximate surface area is 222 Å². The summed E-state index contributed by atoms with van der Waals surface area (Å²) in [5, 5.41) is 2.93. The van der Waals surface area contributed by atoms with Gasteiger partial charge in [0.15, 0.2) is 0 Å². The summed E-state index contributed by atoms with van der Waals surface area (Å²) >= 11 is 5.01. The molecule has 7 heteroatoms. The van der Waals surface area contributed by atoms with Crippen LogP contribution in [0.25, 0.3) is 0 Å². The molecular formula is C29H25BrN2O3S. The molecule has 1 N–H and O–H groups in total. The first-order valence-electron chi connectivity index (χ1n) is 12.1. The van der Waals surface area contributed by atoms with Crippen molar-refractivity contribution in [3.8, 4) is 0 Å². The standard InChI is InChI=1S/C29H25BrN2O3S/c1-36-15-14-22(27(33)31-17-12-10-16(30)11-13-17)32-28(34)25-23-18-6-2-3-7-19(18)24(26(25)29(32)35)21-9-5-4-8-20(21)23/h2-13,22-26H,14-15H2,1H3,(H,31,33)/t22-,23?,24?,25-,26-/m1/s1. The molecule has 3 aromatic rings. The van der Waals surface area contributed by atoms with Gasteiger partial charge >= 0.3 is 0 Å².